The van der Waals surface area contributed by atoms with Gasteiger partial charge in [0, 0.05) is 11.5 Å². The molecule has 4 heteroatoms. The van der Waals surface area contributed by atoms with Crippen LogP contribution in [0.1, 0.15) is 43.0 Å². The maximum absolute atomic E-state index is 12.5. The topological polar surface area (TPSA) is 65.7 Å². The Kier molecular flexibility index (Phi) is 3.01. The number of Topliss-reactive ketones (excluding diaryl/α,β-unsaturated/α-hetero) is 1. The van der Waals surface area contributed by atoms with E-state index in [4.69, 9.17) is 0 Å². The number of rotatable bonds is 2. The molecule has 1 saturated carbocycles. The van der Waals surface area contributed by atoms with Crippen LogP contribution >= 0.6 is 0 Å². The van der Waals surface area contributed by atoms with Gasteiger partial charge in [0.25, 0.3) is 0 Å². The van der Waals surface area contributed by atoms with E-state index in [0.717, 1.165) is 37.1 Å². The molecule has 0 radical (unpaired) electrons. The summed E-state index contributed by atoms with van der Waals surface area (Å²) in [5.41, 5.74) is 1.94. The molecule has 0 unspecified atom stereocenters. The third kappa shape index (κ3) is 2.35. The molecular weight excluding hydrogens is 240 g/mol. The van der Waals surface area contributed by atoms with Crippen molar-refractivity contribution in [2.24, 2.45) is 11.8 Å². The van der Waals surface area contributed by atoms with Gasteiger partial charge in [0.05, 0.1) is 11.0 Å². The van der Waals surface area contributed by atoms with Crippen molar-refractivity contribution in [2.45, 2.75) is 32.6 Å². The Morgan fingerprint density at radius 2 is 1.79 bits per heavy atom. The number of ketones is 1. The fourth-order valence-corrected chi connectivity index (χ4v) is 2.94. The molecule has 3 rings (SSSR count). The molecule has 0 saturated heterocycles. The lowest BCUT2D eigenvalue weighted by Gasteiger charge is -2.25. The van der Waals surface area contributed by atoms with Gasteiger partial charge in [-0.25, -0.2) is 4.79 Å². The van der Waals surface area contributed by atoms with Crippen LogP contribution in [0.3, 0.4) is 0 Å². The average Bonchev–Trinajstić information content (AvgIpc) is 2.77. The Bertz CT molecular complexity index is 660. The number of aromatic amines is 2. The van der Waals surface area contributed by atoms with Crippen LogP contribution < -0.4 is 5.69 Å². The molecule has 1 aromatic heterocycles. The van der Waals surface area contributed by atoms with E-state index in [0.29, 0.717) is 11.1 Å². The van der Waals surface area contributed by atoms with Gasteiger partial charge in [-0.2, -0.15) is 0 Å². The van der Waals surface area contributed by atoms with Crippen LogP contribution in [0.5, 0.6) is 0 Å². The molecule has 1 fully saturated rings. The largest absolute Gasteiger partial charge is 0.323 e. The minimum Gasteiger partial charge on any atom is -0.306 e. The second-order valence-electron chi connectivity index (χ2n) is 5.66. The highest BCUT2D eigenvalue weighted by Crippen LogP contribution is 2.30. The van der Waals surface area contributed by atoms with Crippen LogP contribution in [0.4, 0.5) is 0 Å². The molecule has 0 bridgehead atoms. The van der Waals surface area contributed by atoms with E-state index >= 15 is 0 Å². The number of benzene rings is 1. The Hall–Kier alpha value is -1.84. The predicted octanol–water partition coefficient (Wildman–Crippen LogP) is 2.87. The van der Waals surface area contributed by atoms with Crippen molar-refractivity contribution in [3.63, 3.8) is 0 Å². The van der Waals surface area contributed by atoms with Crippen molar-refractivity contribution in [1.82, 2.24) is 9.97 Å². The third-order valence-corrected chi connectivity index (χ3v) is 4.19. The summed E-state index contributed by atoms with van der Waals surface area (Å²) in [7, 11) is 0. The van der Waals surface area contributed by atoms with Crippen molar-refractivity contribution in [2.75, 3.05) is 0 Å². The predicted molar refractivity (Wildman–Crippen MR) is 74.4 cm³/mol. The van der Waals surface area contributed by atoms with Crippen molar-refractivity contribution in [3.8, 4) is 0 Å². The lowest BCUT2D eigenvalue weighted by molar-refractivity contribution is 0.0876. The summed E-state index contributed by atoms with van der Waals surface area (Å²) in [6, 6.07) is 5.39. The number of H-pyrrole nitrogens is 2. The number of fused-ring (bicyclic) bond motifs is 1. The van der Waals surface area contributed by atoms with Gasteiger partial charge in [0.1, 0.15) is 0 Å². The number of nitrogens with one attached hydrogen (secondary N) is 2. The summed E-state index contributed by atoms with van der Waals surface area (Å²) in [6.07, 6.45) is 4.25. The highest BCUT2D eigenvalue weighted by molar-refractivity contribution is 6.00. The molecule has 1 aliphatic rings. The maximum Gasteiger partial charge on any atom is 0.323 e. The molecule has 4 nitrogen and oxygen atoms in total. The molecule has 1 heterocycles. The fraction of sp³-hybridized carbons (Fsp3) is 0.467. The van der Waals surface area contributed by atoms with Gasteiger partial charge in [-0.05, 0) is 37.0 Å². The van der Waals surface area contributed by atoms with Crippen molar-refractivity contribution < 1.29 is 4.79 Å². The first-order valence-corrected chi connectivity index (χ1v) is 6.90. The summed E-state index contributed by atoms with van der Waals surface area (Å²) >= 11 is 0. The number of aromatic nitrogens is 2. The van der Waals surface area contributed by atoms with E-state index in [1.807, 2.05) is 6.07 Å². The highest BCUT2D eigenvalue weighted by atomic mass is 16.1. The van der Waals surface area contributed by atoms with E-state index in [1.165, 1.54) is 0 Å². The van der Waals surface area contributed by atoms with Crippen molar-refractivity contribution in [3.05, 3.63) is 34.2 Å². The molecule has 19 heavy (non-hydrogen) atoms. The van der Waals surface area contributed by atoms with Crippen molar-refractivity contribution in [1.29, 1.82) is 0 Å². The summed E-state index contributed by atoms with van der Waals surface area (Å²) in [6.45, 7) is 2.25. The van der Waals surface area contributed by atoms with Crippen LogP contribution in [0.25, 0.3) is 11.0 Å². The monoisotopic (exact) mass is 258 g/mol. The van der Waals surface area contributed by atoms with E-state index in [-0.39, 0.29) is 17.4 Å². The first kappa shape index (κ1) is 12.2. The summed E-state index contributed by atoms with van der Waals surface area (Å²) in [4.78, 5) is 29.1. The maximum atomic E-state index is 12.5. The van der Waals surface area contributed by atoms with Crippen LogP contribution in [-0.2, 0) is 0 Å². The molecule has 0 atom stereocenters. The zero-order valence-electron chi connectivity index (χ0n) is 11.0. The Labute approximate surface area is 111 Å². The van der Waals surface area contributed by atoms with Gasteiger partial charge in [-0.1, -0.05) is 19.8 Å². The average molecular weight is 258 g/mol. The second-order valence-corrected chi connectivity index (χ2v) is 5.66. The van der Waals surface area contributed by atoms with Crippen molar-refractivity contribution >= 4 is 16.8 Å². The minimum absolute atomic E-state index is 0.152. The molecule has 1 aliphatic carbocycles. The molecule has 1 aromatic carbocycles. The zero-order valence-corrected chi connectivity index (χ0v) is 11.0. The first-order chi connectivity index (χ1) is 9.13. The van der Waals surface area contributed by atoms with Gasteiger partial charge < -0.3 is 9.97 Å². The van der Waals surface area contributed by atoms with Gasteiger partial charge in [0.15, 0.2) is 5.78 Å². The number of hydrogen-bond acceptors (Lipinski definition) is 2. The van der Waals surface area contributed by atoms with E-state index in [1.54, 1.807) is 12.1 Å². The molecule has 2 N–H and O–H groups in total. The number of carbonyl (C=O) groups excluding carboxylic acids is 1. The number of carbonyl (C=O) groups is 1. The Balaban J connectivity index is 1.86. The summed E-state index contributed by atoms with van der Waals surface area (Å²) in [5, 5.41) is 0. The molecular formula is C15H18N2O2. The summed E-state index contributed by atoms with van der Waals surface area (Å²) in [5.74, 6) is 1.11. The van der Waals surface area contributed by atoms with Gasteiger partial charge in [-0.3, -0.25) is 4.79 Å². The van der Waals surface area contributed by atoms with E-state index < -0.39 is 0 Å². The third-order valence-electron chi connectivity index (χ3n) is 4.19. The Morgan fingerprint density at radius 1 is 1.11 bits per heavy atom. The second kappa shape index (κ2) is 4.68. The normalized spacial score (nSPS) is 23.6. The van der Waals surface area contributed by atoms with E-state index in [9.17, 15) is 9.59 Å². The SMILES string of the molecule is CC1CCC(C(=O)c2ccc3[nH]c(=O)[nH]c3c2)CC1. The van der Waals surface area contributed by atoms with Crippen LogP contribution in [-0.4, -0.2) is 15.8 Å². The molecule has 100 valence electrons. The first-order valence-electron chi connectivity index (χ1n) is 6.90. The molecule has 2 aromatic rings. The van der Waals surface area contributed by atoms with Crippen LogP contribution in [0.2, 0.25) is 0 Å². The molecule has 0 amide bonds. The van der Waals surface area contributed by atoms with Crippen LogP contribution in [0, 0.1) is 11.8 Å². The highest BCUT2D eigenvalue weighted by Gasteiger charge is 2.25. The number of imidazole rings is 1. The zero-order chi connectivity index (χ0) is 13.4. The fourth-order valence-electron chi connectivity index (χ4n) is 2.94. The standard InChI is InChI=1S/C15H18N2O2/c1-9-2-4-10(5-3-9)14(18)11-6-7-12-13(8-11)17-15(19)16-12/h6-10H,2-5H2,1H3,(H2,16,17,19). The Morgan fingerprint density at radius 3 is 2.53 bits per heavy atom. The number of hydrogen-bond donors (Lipinski definition) is 2. The minimum atomic E-state index is -0.230. The molecule has 0 spiro atoms. The quantitative estimate of drug-likeness (QED) is 0.813. The smallest absolute Gasteiger partial charge is 0.306 e. The van der Waals surface area contributed by atoms with Crippen LogP contribution in [0.15, 0.2) is 23.0 Å². The van der Waals surface area contributed by atoms with Gasteiger partial charge in [-0.15, -0.1) is 0 Å². The van der Waals surface area contributed by atoms with Gasteiger partial charge >= 0.3 is 5.69 Å². The molecule has 0 aliphatic heterocycles. The lowest BCUT2D eigenvalue weighted by Crippen LogP contribution is -2.20. The van der Waals surface area contributed by atoms with E-state index in [2.05, 4.69) is 16.9 Å². The lowest BCUT2D eigenvalue weighted by atomic mass is 9.79. The van der Waals surface area contributed by atoms with Gasteiger partial charge in [0.2, 0.25) is 0 Å². The summed E-state index contributed by atoms with van der Waals surface area (Å²) < 4.78 is 0.